The van der Waals surface area contributed by atoms with Gasteiger partial charge in [-0.2, -0.15) is 0 Å². The molecule has 10 aromatic carbocycles. The molecule has 2 aliphatic carbocycles. The Kier molecular flexibility index (Phi) is 8.50. The maximum absolute atomic E-state index is 7.10. The molecule has 0 unspecified atom stereocenters. The molecule has 3 heteroatoms. The molecule has 0 aromatic heterocycles. The molecule has 0 saturated heterocycles. The summed E-state index contributed by atoms with van der Waals surface area (Å²) in [6.45, 7) is 14.3. The summed E-state index contributed by atoms with van der Waals surface area (Å²) in [5.41, 5.74) is 19.1. The van der Waals surface area contributed by atoms with Gasteiger partial charge in [-0.25, -0.2) is 0 Å². The van der Waals surface area contributed by atoms with Crippen LogP contribution in [0.3, 0.4) is 0 Å². The fourth-order valence-electron chi connectivity index (χ4n) is 13.2. The van der Waals surface area contributed by atoms with Crippen molar-refractivity contribution < 1.29 is 9.47 Å². The molecule has 4 aliphatic rings. The topological polar surface area (TPSA) is 18.5 Å². The monoisotopic (exact) mass is 916 g/mol. The standard InChI is InChI=1S/C67H52O2Si/c1-65(2)51-21-13-14-22-57(51)68-63-54(65)34-33-52-61(63)49-31-29-45(39-55(49)66(52,3)4)43-27-25-42-38-44(28-26-41(42)37-43)46-30-32-50-56(40-46)67(47-17-9-7-10-18-47,48-19-11-8-12-20-48)53-35-36-60-64(62(50)53)69-58-23-15-16-24-59(58)70(60,5)6/h7-40H,1-6H3. The summed E-state index contributed by atoms with van der Waals surface area (Å²) in [4.78, 5) is 0. The normalized spacial score (nSPS) is 16.3. The predicted octanol–water partition coefficient (Wildman–Crippen LogP) is 16.2. The van der Waals surface area contributed by atoms with Gasteiger partial charge in [0.05, 0.1) is 5.41 Å². The molecule has 0 radical (unpaired) electrons. The van der Waals surface area contributed by atoms with E-state index in [1.807, 2.05) is 0 Å². The molecule has 0 amide bonds. The first-order valence-electron chi connectivity index (χ1n) is 24.8. The van der Waals surface area contributed by atoms with Gasteiger partial charge in [-0.1, -0.05) is 211 Å². The van der Waals surface area contributed by atoms with Crippen molar-refractivity contribution in [1.29, 1.82) is 0 Å². The fraction of sp³-hybridized carbons (Fsp3) is 0.134. The lowest BCUT2D eigenvalue weighted by molar-refractivity contribution is 0.419. The smallest absolute Gasteiger partial charge is 0.139 e. The lowest BCUT2D eigenvalue weighted by atomic mass is 9.67. The van der Waals surface area contributed by atoms with Gasteiger partial charge < -0.3 is 9.47 Å². The third-order valence-electron chi connectivity index (χ3n) is 16.9. The van der Waals surface area contributed by atoms with Crippen molar-refractivity contribution in [3.05, 3.63) is 251 Å². The summed E-state index contributed by atoms with van der Waals surface area (Å²) in [6, 6.07) is 77.1. The van der Waals surface area contributed by atoms with Crippen molar-refractivity contribution >= 4 is 29.2 Å². The highest BCUT2D eigenvalue weighted by Crippen LogP contribution is 2.61. The second-order valence-electron chi connectivity index (χ2n) is 21.6. The Morgan fingerprint density at radius 1 is 0.343 bits per heavy atom. The number of rotatable bonds is 4. The number of hydrogen-bond donors (Lipinski definition) is 0. The van der Waals surface area contributed by atoms with E-state index in [1.54, 1.807) is 0 Å². The SMILES string of the molecule is CC1(C)c2ccccc2Oc2c1ccc1c2-c2ccc(-c3ccc4cc(-c5ccc6c(c5)C(c5ccccc5)(c5ccccc5)c5ccc7c(c5-6)Oc5ccccc5[Si]7(C)C)ccc4c3)cc2C1(C)C. The van der Waals surface area contributed by atoms with E-state index in [4.69, 9.17) is 9.47 Å². The van der Waals surface area contributed by atoms with Crippen molar-refractivity contribution in [3.63, 3.8) is 0 Å². The fourth-order valence-corrected chi connectivity index (χ4v) is 16.0. The van der Waals surface area contributed by atoms with Crippen LogP contribution < -0.4 is 19.8 Å². The molecule has 336 valence electrons. The minimum Gasteiger partial charge on any atom is -0.457 e. The van der Waals surface area contributed by atoms with E-state index in [0.717, 1.165) is 23.0 Å². The molecule has 0 spiro atoms. The average Bonchev–Trinajstić information content (AvgIpc) is 3.82. The summed E-state index contributed by atoms with van der Waals surface area (Å²) in [6.07, 6.45) is 0. The van der Waals surface area contributed by atoms with E-state index in [-0.39, 0.29) is 10.8 Å². The number of ether oxygens (including phenoxy) is 2. The Labute approximate surface area is 411 Å². The van der Waals surface area contributed by atoms with Gasteiger partial charge in [0.15, 0.2) is 0 Å². The van der Waals surface area contributed by atoms with Crippen molar-refractivity contribution in [2.75, 3.05) is 0 Å². The van der Waals surface area contributed by atoms with Crippen LogP contribution in [0, 0.1) is 0 Å². The number of hydrogen-bond acceptors (Lipinski definition) is 2. The number of benzene rings is 10. The molecule has 14 rings (SSSR count). The summed E-state index contributed by atoms with van der Waals surface area (Å²) >= 11 is 0. The van der Waals surface area contributed by atoms with Crippen LogP contribution in [-0.2, 0) is 16.2 Å². The molecule has 70 heavy (non-hydrogen) atoms. The van der Waals surface area contributed by atoms with Gasteiger partial charge in [-0.15, -0.1) is 0 Å². The molecule has 2 nitrogen and oxygen atoms in total. The maximum Gasteiger partial charge on any atom is 0.139 e. The van der Waals surface area contributed by atoms with Gasteiger partial charge in [0.25, 0.3) is 0 Å². The van der Waals surface area contributed by atoms with Gasteiger partial charge in [-0.05, 0) is 124 Å². The molecular weight excluding hydrogens is 865 g/mol. The summed E-state index contributed by atoms with van der Waals surface area (Å²) in [7, 11) is -2.09. The zero-order valence-corrected chi connectivity index (χ0v) is 41.4. The van der Waals surface area contributed by atoms with Crippen LogP contribution >= 0.6 is 0 Å². The lowest BCUT2D eigenvalue weighted by Gasteiger charge is -2.36. The van der Waals surface area contributed by atoms with Crippen LogP contribution in [0.25, 0.3) is 55.3 Å². The second-order valence-corrected chi connectivity index (χ2v) is 25.9. The zero-order chi connectivity index (χ0) is 47.3. The van der Waals surface area contributed by atoms with E-state index in [0.29, 0.717) is 0 Å². The highest BCUT2D eigenvalue weighted by molar-refractivity contribution is 7.01. The zero-order valence-electron chi connectivity index (χ0n) is 40.4. The molecule has 2 heterocycles. The Balaban J connectivity index is 0.872. The van der Waals surface area contributed by atoms with Crippen LogP contribution in [0.4, 0.5) is 0 Å². The van der Waals surface area contributed by atoms with E-state index < -0.39 is 13.5 Å². The van der Waals surface area contributed by atoms with E-state index in [1.165, 1.54) is 110 Å². The molecule has 0 saturated carbocycles. The van der Waals surface area contributed by atoms with Crippen molar-refractivity contribution in [3.8, 4) is 67.5 Å². The van der Waals surface area contributed by atoms with Crippen LogP contribution in [0.5, 0.6) is 23.0 Å². The molecule has 2 aliphatic heterocycles. The summed E-state index contributed by atoms with van der Waals surface area (Å²) in [5.74, 6) is 3.97. The average molecular weight is 917 g/mol. The highest BCUT2D eigenvalue weighted by atomic mass is 28.3. The maximum atomic E-state index is 7.10. The molecule has 10 aromatic rings. The number of para-hydroxylation sites is 2. The highest BCUT2D eigenvalue weighted by Gasteiger charge is 2.50. The first-order valence-corrected chi connectivity index (χ1v) is 27.8. The third kappa shape index (κ3) is 5.50. The van der Waals surface area contributed by atoms with Crippen molar-refractivity contribution in [2.45, 2.75) is 57.0 Å². The first kappa shape index (κ1) is 41.3. The molecular formula is C67H52O2Si. The lowest BCUT2D eigenvalue weighted by Crippen LogP contribution is -2.56. The van der Waals surface area contributed by atoms with E-state index in [9.17, 15) is 0 Å². The van der Waals surface area contributed by atoms with Crippen molar-refractivity contribution in [2.24, 2.45) is 0 Å². The van der Waals surface area contributed by atoms with Crippen molar-refractivity contribution in [1.82, 2.24) is 0 Å². The summed E-state index contributed by atoms with van der Waals surface area (Å²) < 4.78 is 13.9. The van der Waals surface area contributed by atoms with Gasteiger partial charge >= 0.3 is 0 Å². The predicted molar refractivity (Wildman–Crippen MR) is 292 cm³/mol. The quantitative estimate of drug-likeness (QED) is 0.164. The molecule has 0 N–H and O–H groups in total. The van der Waals surface area contributed by atoms with Gasteiger partial charge in [-0.3, -0.25) is 0 Å². The number of fused-ring (bicyclic) bond motifs is 13. The van der Waals surface area contributed by atoms with Gasteiger partial charge in [0, 0.05) is 33.1 Å². The second kappa shape index (κ2) is 14.4. The van der Waals surface area contributed by atoms with Crippen LogP contribution in [0.15, 0.2) is 206 Å². The first-order chi connectivity index (χ1) is 34.0. The minimum absolute atomic E-state index is 0.167. The Morgan fingerprint density at radius 2 is 0.829 bits per heavy atom. The minimum atomic E-state index is -2.09. The molecule has 0 atom stereocenters. The van der Waals surface area contributed by atoms with Gasteiger partial charge in [0.2, 0.25) is 0 Å². The van der Waals surface area contributed by atoms with Crippen LogP contribution in [0.1, 0.15) is 72.2 Å². The van der Waals surface area contributed by atoms with Gasteiger partial charge in [0.1, 0.15) is 31.1 Å². The van der Waals surface area contributed by atoms with Crippen LogP contribution in [-0.4, -0.2) is 8.07 Å². The Morgan fingerprint density at radius 3 is 1.50 bits per heavy atom. The Bertz CT molecular complexity index is 3820. The van der Waals surface area contributed by atoms with E-state index >= 15 is 0 Å². The largest absolute Gasteiger partial charge is 0.457 e. The Hall–Kier alpha value is -7.72. The van der Waals surface area contributed by atoms with Crippen LogP contribution in [0.2, 0.25) is 13.1 Å². The molecule has 0 bridgehead atoms. The third-order valence-corrected chi connectivity index (χ3v) is 20.4. The van der Waals surface area contributed by atoms with E-state index in [2.05, 4.69) is 247 Å². The molecule has 0 fully saturated rings. The summed E-state index contributed by atoms with van der Waals surface area (Å²) in [5, 5.41) is 5.14.